The minimum atomic E-state index is 0.154. The molecule has 0 saturated heterocycles. The van der Waals surface area contributed by atoms with E-state index in [1.165, 1.54) is 25.7 Å². The zero-order valence-electron chi connectivity index (χ0n) is 8.82. The second kappa shape index (κ2) is 4.59. The van der Waals surface area contributed by atoms with Crippen LogP contribution >= 0.6 is 0 Å². The minimum absolute atomic E-state index is 0.154. The summed E-state index contributed by atoms with van der Waals surface area (Å²) in [5.74, 6) is 6.22. The average Bonchev–Trinajstić information content (AvgIpc) is 2.75. The van der Waals surface area contributed by atoms with Gasteiger partial charge in [0.05, 0.1) is 6.04 Å². The maximum absolute atomic E-state index is 5.93. The lowest BCUT2D eigenvalue weighted by molar-refractivity contribution is 0.374. The number of pyridine rings is 1. The highest BCUT2D eigenvalue weighted by Gasteiger charge is 2.26. The molecule has 4 nitrogen and oxygen atoms in total. The van der Waals surface area contributed by atoms with E-state index in [9.17, 15) is 0 Å². The summed E-state index contributed by atoms with van der Waals surface area (Å²) < 4.78 is 0. The highest BCUT2D eigenvalue weighted by molar-refractivity contribution is 5.46. The molecule has 1 fully saturated rings. The Balaban J connectivity index is 2.22. The van der Waals surface area contributed by atoms with E-state index in [-0.39, 0.29) is 6.04 Å². The first-order valence-electron chi connectivity index (χ1n) is 5.48. The highest BCUT2D eigenvalue weighted by Crippen LogP contribution is 2.36. The molecule has 5 N–H and O–H groups in total. The summed E-state index contributed by atoms with van der Waals surface area (Å²) in [7, 11) is 0. The fourth-order valence-corrected chi connectivity index (χ4v) is 2.45. The maximum Gasteiger partial charge on any atom is 0.0523 e. The lowest BCUT2D eigenvalue weighted by Crippen LogP contribution is -2.33. The number of nitrogens with two attached hydrogens (primary N) is 2. The number of nitrogens with one attached hydrogen (secondary N) is 1. The second-order valence-corrected chi connectivity index (χ2v) is 4.19. The van der Waals surface area contributed by atoms with E-state index < -0.39 is 0 Å². The predicted molar refractivity (Wildman–Crippen MR) is 60.7 cm³/mol. The van der Waals surface area contributed by atoms with Crippen LogP contribution in [-0.4, -0.2) is 4.98 Å². The van der Waals surface area contributed by atoms with Gasteiger partial charge in [-0.25, -0.2) is 0 Å². The number of aromatic nitrogens is 1. The molecule has 0 amide bonds. The third-order valence-electron chi connectivity index (χ3n) is 3.27. The largest absolute Gasteiger partial charge is 0.398 e. The van der Waals surface area contributed by atoms with Crippen molar-refractivity contribution in [3.8, 4) is 0 Å². The normalized spacial score (nSPS) is 19.3. The van der Waals surface area contributed by atoms with E-state index in [4.69, 9.17) is 11.6 Å². The number of nitrogen functional groups attached to an aromatic ring is 1. The quantitative estimate of drug-likeness (QED) is 0.515. The van der Waals surface area contributed by atoms with Gasteiger partial charge in [0.15, 0.2) is 0 Å². The molecule has 1 unspecified atom stereocenters. The SMILES string of the molecule is NNC(c1cnccc1N)C1CCCC1. The average molecular weight is 206 g/mol. The molecule has 4 heteroatoms. The van der Waals surface area contributed by atoms with Gasteiger partial charge in [-0.1, -0.05) is 12.8 Å². The fourth-order valence-electron chi connectivity index (χ4n) is 2.45. The zero-order chi connectivity index (χ0) is 10.7. The first-order valence-corrected chi connectivity index (χ1v) is 5.48. The summed E-state index contributed by atoms with van der Waals surface area (Å²) in [4.78, 5) is 4.11. The van der Waals surface area contributed by atoms with E-state index in [0.717, 1.165) is 11.3 Å². The van der Waals surface area contributed by atoms with Crippen molar-refractivity contribution in [1.29, 1.82) is 0 Å². The third-order valence-corrected chi connectivity index (χ3v) is 3.27. The Labute approximate surface area is 90.0 Å². The molecule has 1 aliphatic carbocycles. The Bertz CT molecular complexity index is 320. The second-order valence-electron chi connectivity index (χ2n) is 4.19. The molecule has 1 atom stereocenters. The molecular weight excluding hydrogens is 188 g/mol. The van der Waals surface area contributed by atoms with Crippen LogP contribution in [0.5, 0.6) is 0 Å². The molecule has 2 rings (SSSR count). The van der Waals surface area contributed by atoms with Crippen LogP contribution in [-0.2, 0) is 0 Å². The van der Waals surface area contributed by atoms with Crippen molar-refractivity contribution in [2.45, 2.75) is 31.7 Å². The Hall–Kier alpha value is -1.13. The molecule has 0 spiro atoms. The third kappa shape index (κ3) is 2.11. The van der Waals surface area contributed by atoms with Crippen LogP contribution in [0.4, 0.5) is 5.69 Å². The van der Waals surface area contributed by atoms with Gasteiger partial charge in [-0.05, 0) is 24.8 Å². The number of anilines is 1. The Kier molecular flexibility index (Phi) is 3.18. The van der Waals surface area contributed by atoms with E-state index >= 15 is 0 Å². The van der Waals surface area contributed by atoms with Gasteiger partial charge < -0.3 is 5.73 Å². The van der Waals surface area contributed by atoms with E-state index in [1.807, 2.05) is 12.3 Å². The summed E-state index contributed by atoms with van der Waals surface area (Å²) in [6.45, 7) is 0. The first kappa shape index (κ1) is 10.4. The molecule has 0 radical (unpaired) electrons. The number of hydrogen-bond donors (Lipinski definition) is 3. The number of hydrogen-bond acceptors (Lipinski definition) is 4. The van der Waals surface area contributed by atoms with Gasteiger partial charge in [0.25, 0.3) is 0 Å². The molecule has 0 aromatic carbocycles. The van der Waals surface area contributed by atoms with E-state index in [2.05, 4.69) is 10.4 Å². The molecule has 1 aromatic rings. The van der Waals surface area contributed by atoms with Crippen molar-refractivity contribution in [3.63, 3.8) is 0 Å². The van der Waals surface area contributed by atoms with Crippen molar-refractivity contribution >= 4 is 5.69 Å². The van der Waals surface area contributed by atoms with Crippen LogP contribution in [0.15, 0.2) is 18.5 Å². The van der Waals surface area contributed by atoms with Gasteiger partial charge in [-0.15, -0.1) is 0 Å². The van der Waals surface area contributed by atoms with Gasteiger partial charge in [0, 0.05) is 23.6 Å². The highest BCUT2D eigenvalue weighted by atomic mass is 15.2. The summed E-state index contributed by atoms with van der Waals surface area (Å²) in [5.41, 5.74) is 10.6. The first-order chi connectivity index (χ1) is 7.33. The van der Waals surface area contributed by atoms with E-state index in [1.54, 1.807) is 6.20 Å². The zero-order valence-corrected chi connectivity index (χ0v) is 8.82. The van der Waals surface area contributed by atoms with Gasteiger partial charge in [-0.2, -0.15) is 0 Å². The lowest BCUT2D eigenvalue weighted by Gasteiger charge is -2.23. The van der Waals surface area contributed by atoms with Crippen molar-refractivity contribution in [1.82, 2.24) is 10.4 Å². The molecule has 1 aromatic heterocycles. The van der Waals surface area contributed by atoms with Crippen LogP contribution in [0.3, 0.4) is 0 Å². The molecule has 82 valence electrons. The van der Waals surface area contributed by atoms with Crippen LogP contribution in [0, 0.1) is 5.92 Å². The maximum atomic E-state index is 5.93. The van der Waals surface area contributed by atoms with Crippen LogP contribution < -0.4 is 17.0 Å². The van der Waals surface area contributed by atoms with Crippen LogP contribution in [0.25, 0.3) is 0 Å². The number of nitrogens with zero attached hydrogens (tertiary/aromatic N) is 1. The van der Waals surface area contributed by atoms with Gasteiger partial charge in [0.1, 0.15) is 0 Å². The lowest BCUT2D eigenvalue weighted by atomic mass is 9.92. The topological polar surface area (TPSA) is 77.0 Å². The summed E-state index contributed by atoms with van der Waals surface area (Å²) in [5, 5.41) is 0. The van der Waals surface area contributed by atoms with Crippen molar-refractivity contribution in [2.75, 3.05) is 5.73 Å². The molecular formula is C11H18N4. The van der Waals surface area contributed by atoms with Crippen LogP contribution in [0.2, 0.25) is 0 Å². The van der Waals surface area contributed by atoms with E-state index in [0.29, 0.717) is 5.92 Å². The van der Waals surface area contributed by atoms with Crippen molar-refractivity contribution < 1.29 is 0 Å². The minimum Gasteiger partial charge on any atom is -0.398 e. The van der Waals surface area contributed by atoms with Crippen molar-refractivity contribution in [2.24, 2.45) is 11.8 Å². The number of rotatable bonds is 3. The van der Waals surface area contributed by atoms with Gasteiger partial charge in [0.2, 0.25) is 0 Å². The smallest absolute Gasteiger partial charge is 0.0523 e. The van der Waals surface area contributed by atoms with Crippen molar-refractivity contribution in [3.05, 3.63) is 24.0 Å². The number of hydrazine groups is 1. The molecule has 1 heterocycles. The molecule has 1 aliphatic rings. The summed E-state index contributed by atoms with van der Waals surface area (Å²) in [6, 6.07) is 1.98. The van der Waals surface area contributed by atoms with Gasteiger partial charge >= 0.3 is 0 Å². The molecule has 15 heavy (non-hydrogen) atoms. The Morgan fingerprint density at radius 1 is 1.40 bits per heavy atom. The molecule has 1 saturated carbocycles. The fraction of sp³-hybridized carbons (Fsp3) is 0.545. The van der Waals surface area contributed by atoms with Gasteiger partial charge in [-0.3, -0.25) is 16.3 Å². The summed E-state index contributed by atoms with van der Waals surface area (Å²) in [6.07, 6.45) is 8.57. The summed E-state index contributed by atoms with van der Waals surface area (Å²) >= 11 is 0. The Morgan fingerprint density at radius 2 is 2.13 bits per heavy atom. The Morgan fingerprint density at radius 3 is 2.73 bits per heavy atom. The molecule has 0 bridgehead atoms. The monoisotopic (exact) mass is 206 g/mol. The molecule has 0 aliphatic heterocycles. The predicted octanol–water partition coefficient (Wildman–Crippen LogP) is 1.36. The van der Waals surface area contributed by atoms with Crippen LogP contribution in [0.1, 0.15) is 37.3 Å². The standard InChI is InChI=1S/C11H18N4/c12-10-5-6-14-7-9(10)11(15-13)8-3-1-2-4-8/h5-8,11,15H,1-4,13H2,(H2,12,14).